The summed E-state index contributed by atoms with van der Waals surface area (Å²) in [6.45, 7) is 2.26. The van der Waals surface area contributed by atoms with Crippen LogP contribution in [-0.4, -0.2) is 33.9 Å². The number of methoxy groups -OCH3 is 1. The van der Waals surface area contributed by atoms with E-state index in [4.69, 9.17) is 16.3 Å². The van der Waals surface area contributed by atoms with Gasteiger partial charge in [0, 0.05) is 17.3 Å². The highest BCUT2D eigenvalue weighted by molar-refractivity contribution is 7.92. The van der Waals surface area contributed by atoms with Crippen molar-refractivity contribution in [2.45, 2.75) is 19.8 Å². The molecule has 0 unspecified atom stereocenters. The number of carbonyl (C=O) groups excluding carboxylic acids is 1. The first-order chi connectivity index (χ1) is 13.3. The SMILES string of the molecule is CCCS(=O)(=O)N1CCc2ccc(NC(=O)Nc3cc(Cl)ccc3OC)cc21. The number of rotatable bonds is 6. The van der Waals surface area contributed by atoms with E-state index in [1.54, 1.807) is 30.3 Å². The van der Waals surface area contributed by atoms with Crippen molar-refractivity contribution in [3.05, 3.63) is 47.0 Å². The molecule has 1 aliphatic heterocycles. The van der Waals surface area contributed by atoms with Gasteiger partial charge in [-0.15, -0.1) is 0 Å². The minimum Gasteiger partial charge on any atom is -0.495 e. The van der Waals surface area contributed by atoms with Gasteiger partial charge in [-0.3, -0.25) is 4.31 Å². The van der Waals surface area contributed by atoms with Gasteiger partial charge in [0.25, 0.3) is 0 Å². The summed E-state index contributed by atoms with van der Waals surface area (Å²) in [6, 6.07) is 9.70. The lowest BCUT2D eigenvalue weighted by Gasteiger charge is -2.20. The molecular formula is C19H22ClN3O4S. The molecule has 1 aliphatic rings. The van der Waals surface area contributed by atoms with Gasteiger partial charge in [0.1, 0.15) is 5.75 Å². The van der Waals surface area contributed by atoms with Crippen LogP contribution in [-0.2, 0) is 16.4 Å². The minimum atomic E-state index is -3.36. The Morgan fingerprint density at radius 1 is 1.21 bits per heavy atom. The molecule has 0 saturated carbocycles. The smallest absolute Gasteiger partial charge is 0.323 e. The highest BCUT2D eigenvalue weighted by Gasteiger charge is 2.29. The summed E-state index contributed by atoms with van der Waals surface area (Å²) < 4.78 is 31.6. The second-order valence-corrected chi connectivity index (χ2v) is 8.85. The fourth-order valence-electron chi connectivity index (χ4n) is 3.15. The molecule has 0 fully saturated rings. The maximum atomic E-state index is 12.5. The number of nitrogens with zero attached hydrogens (tertiary/aromatic N) is 1. The highest BCUT2D eigenvalue weighted by Crippen LogP contribution is 2.33. The molecular weight excluding hydrogens is 402 g/mol. The fraction of sp³-hybridized carbons (Fsp3) is 0.316. The Kier molecular flexibility index (Phi) is 6.00. The Balaban J connectivity index is 1.78. The molecule has 0 aromatic heterocycles. The zero-order chi connectivity index (χ0) is 20.3. The van der Waals surface area contributed by atoms with Crippen LogP contribution in [0.15, 0.2) is 36.4 Å². The van der Waals surface area contributed by atoms with Crippen LogP contribution >= 0.6 is 11.6 Å². The van der Waals surface area contributed by atoms with Gasteiger partial charge in [0.2, 0.25) is 10.0 Å². The summed E-state index contributed by atoms with van der Waals surface area (Å²) in [4.78, 5) is 12.4. The zero-order valence-electron chi connectivity index (χ0n) is 15.7. The van der Waals surface area contributed by atoms with Gasteiger partial charge in [0.15, 0.2) is 0 Å². The number of ether oxygens (including phenoxy) is 1. The van der Waals surface area contributed by atoms with E-state index >= 15 is 0 Å². The monoisotopic (exact) mass is 423 g/mol. The maximum absolute atomic E-state index is 12.5. The Bertz CT molecular complexity index is 995. The number of anilines is 3. The fourth-order valence-corrected chi connectivity index (χ4v) is 4.89. The normalized spacial score (nSPS) is 13.2. The van der Waals surface area contributed by atoms with E-state index in [0.717, 1.165) is 5.56 Å². The van der Waals surface area contributed by atoms with Crippen molar-refractivity contribution in [1.82, 2.24) is 0 Å². The zero-order valence-corrected chi connectivity index (χ0v) is 17.2. The van der Waals surface area contributed by atoms with Crippen molar-refractivity contribution in [3.63, 3.8) is 0 Å². The first kappa shape index (κ1) is 20.3. The van der Waals surface area contributed by atoms with Gasteiger partial charge in [-0.1, -0.05) is 24.6 Å². The molecule has 2 aromatic carbocycles. The molecule has 9 heteroatoms. The second-order valence-electron chi connectivity index (χ2n) is 6.41. The maximum Gasteiger partial charge on any atom is 0.323 e. The van der Waals surface area contributed by atoms with E-state index in [0.29, 0.717) is 47.2 Å². The summed E-state index contributed by atoms with van der Waals surface area (Å²) in [5.41, 5.74) is 2.49. The van der Waals surface area contributed by atoms with Crippen LogP contribution in [0, 0.1) is 0 Å². The second kappa shape index (κ2) is 8.28. The average molecular weight is 424 g/mol. The number of sulfonamides is 1. The first-order valence-corrected chi connectivity index (χ1v) is 10.9. The van der Waals surface area contributed by atoms with Crippen LogP contribution in [0.4, 0.5) is 21.9 Å². The molecule has 7 nitrogen and oxygen atoms in total. The van der Waals surface area contributed by atoms with Crippen molar-refractivity contribution in [3.8, 4) is 5.75 Å². The Morgan fingerprint density at radius 2 is 2.00 bits per heavy atom. The van der Waals surface area contributed by atoms with Crippen molar-refractivity contribution < 1.29 is 17.9 Å². The molecule has 0 radical (unpaired) electrons. The van der Waals surface area contributed by atoms with Gasteiger partial charge in [0.05, 0.1) is 24.2 Å². The number of hydrogen-bond donors (Lipinski definition) is 2. The number of carbonyl (C=O) groups is 1. The molecule has 2 amide bonds. The van der Waals surface area contributed by atoms with Crippen LogP contribution in [0.1, 0.15) is 18.9 Å². The lowest BCUT2D eigenvalue weighted by atomic mass is 10.1. The van der Waals surface area contributed by atoms with Crippen molar-refractivity contribution in [2.75, 3.05) is 34.3 Å². The van der Waals surface area contributed by atoms with Gasteiger partial charge in [-0.05, 0) is 48.7 Å². The van der Waals surface area contributed by atoms with E-state index in [1.165, 1.54) is 11.4 Å². The van der Waals surface area contributed by atoms with Crippen LogP contribution in [0.2, 0.25) is 5.02 Å². The number of halogens is 1. The molecule has 28 heavy (non-hydrogen) atoms. The Hall–Kier alpha value is -2.45. The average Bonchev–Trinajstić information content (AvgIpc) is 3.06. The van der Waals surface area contributed by atoms with E-state index in [2.05, 4.69) is 10.6 Å². The number of nitrogens with one attached hydrogen (secondary N) is 2. The van der Waals surface area contributed by atoms with Gasteiger partial charge >= 0.3 is 6.03 Å². The standard InChI is InChI=1S/C19H22ClN3O4S/c1-3-10-28(25,26)23-9-8-13-4-6-15(12-17(13)23)21-19(24)22-16-11-14(20)5-7-18(16)27-2/h4-7,11-12H,3,8-10H2,1-2H3,(H2,21,22,24). The molecule has 0 bridgehead atoms. The molecule has 2 aromatic rings. The predicted octanol–water partition coefficient (Wildman–Crippen LogP) is 4.09. The van der Waals surface area contributed by atoms with Crippen LogP contribution in [0.25, 0.3) is 0 Å². The third-order valence-electron chi connectivity index (χ3n) is 4.40. The van der Waals surface area contributed by atoms with Crippen LogP contribution in [0.3, 0.4) is 0 Å². The molecule has 0 saturated heterocycles. The minimum absolute atomic E-state index is 0.0964. The predicted molar refractivity (Wildman–Crippen MR) is 112 cm³/mol. The third kappa shape index (κ3) is 4.34. The Morgan fingerprint density at radius 3 is 2.71 bits per heavy atom. The summed E-state index contributed by atoms with van der Waals surface area (Å²) in [5.74, 6) is 0.574. The molecule has 3 rings (SSSR count). The number of fused-ring (bicyclic) bond motifs is 1. The van der Waals surface area contributed by atoms with Crippen molar-refractivity contribution in [1.29, 1.82) is 0 Å². The highest BCUT2D eigenvalue weighted by atomic mass is 35.5. The number of urea groups is 1. The van der Waals surface area contributed by atoms with Crippen molar-refractivity contribution in [2.24, 2.45) is 0 Å². The molecule has 0 atom stereocenters. The van der Waals surface area contributed by atoms with Crippen LogP contribution in [0.5, 0.6) is 5.75 Å². The molecule has 2 N–H and O–H groups in total. The van der Waals surface area contributed by atoms with E-state index in [-0.39, 0.29) is 5.75 Å². The summed E-state index contributed by atoms with van der Waals surface area (Å²) in [6.07, 6.45) is 1.21. The van der Waals surface area contributed by atoms with E-state index < -0.39 is 16.1 Å². The summed E-state index contributed by atoms with van der Waals surface area (Å²) >= 11 is 5.98. The number of hydrogen-bond acceptors (Lipinski definition) is 4. The lowest BCUT2D eigenvalue weighted by Crippen LogP contribution is -2.31. The van der Waals surface area contributed by atoms with Gasteiger partial charge in [-0.2, -0.15) is 0 Å². The third-order valence-corrected chi connectivity index (χ3v) is 6.61. The largest absolute Gasteiger partial charge is 0.495 e. The van der Waals surface area contributed by atoms with Crippen LogP contribution < -0.4 is 19.7 Å². The first-order valence-electron chi connectivity index (χ1n) is 8.89. The summed E-state index contributed by atoms with van der Waals surface area (Å²) in [5, 5.41) is 5.88. The lowest BCUT2D eigenvalue weighted by molar-refractivity contribution is 0.262. The van der Waals surface area contributed by atoms with Gasteiger partial charge in [-0.25, -0.2) is 13.2 Å². The quantitative estimate of drug-likeness (QED) is 0.732. The number of amides is 2. The van der Waals surface area contributed by atoms with Crippen molar-refractivity contribution >= 4 is 44.7 Å². The summed E-state index contributed by atoms with van der Waals surface area (Å²) in [7, 11) is -1.86. The molecule has 0 spiro atoms. The molecule has 150 valence electrons. The molecule has 1 heterocycles. The number of benzene rings is 2. The molecule has 0 aliphatic carbocycles. The Labute approximate surface area is 169 Å². The van der Waals surface area contributed by atoms with Gasteiger partial charge < -0.3 is 15.4 Å². The van der Waals surface area contributed by atoms with E-state index in [1.807, 2.05) is 13.0 Å². The van der Waals surface area contributed by atoms with E-state index in [9.17, 15) is 13.2 Å². The topological polar surface area (TPSA) is 87.7 Å².